The van der Waals surface area contributed by atoms with Gasteiger partial charge in [0.15, 0.2) is 0 Å². The fourth-order valence-electron chi connectivity index (χ4n) is 4.14. The minimum absolute atomic E-state index is 0.274. The topological polar surface area (TPSA) is 29.3 Å². The molecule has 0 amide bonds. The Morgan fingerprint density at radius 3 is 2.05 bits per heavy atom. The molecule has 1 rings (SSSR count). The maximum atomic E-state index is 6.24. The first-order valence-electron chi connectivity index (χ1n) is 8.84. The van der Waals surface area contributed by atoms with E-state index in [4.69, 9.17) is 5.73 Å². The van der Waals surface area contributed by atoms with Gasteiger partial charge in [-0.1, -0.05) is 47.5 Å². The Hall–Kier alpha value is -0.0800. The molecule has 1 unspecified atom stereocenters. The van der Waals surface area contributed by atoms with Crippen LogP contribution in [0.5, 0.6) is 0 Å². The third-order valence-electron chi connectivity index (χ3n) is 5.43. The van der Waals surface area contributed by atoms with Crippen LogP contribution in [-0.4, -0.2) is 30.1 Å². The molecule has 20 heavy (non-hydrogen) atoms. The molecule has 1 fully saturated rings. The molecule has 0 saturated carbocycles. The summed E-state index contributed by atoms with van der Waals surface area (Å²) >= 11 is 0. The fraction of sp³-hybridized carbons (Fsp3) is 1.00. The first-order chi connectivity index (χ1) is 9.39. The molecule has 0 radical (unpaired) electrons. The summed E-state index contributed by atoms with van der Waals surface area (Å²) in [6.45, 7) is 15.1. The van der Waals surface area contributed by atoms with Crippen molar-refractivity contribution in [2.45, 2.75) is 85.1 Å². The highest BCUT2D eigenvalue weighted by atomic mass is 15.2. The van der Waals surface area contributed by atoms with Crippen molar-refractivity contribution in [3.8, 4) is 0 Å². The van der Waals surface area contributed by atoms with E-state index in [1.165, 1.54) is 58.0 Å². The van der Waals surface area contributed by atoms with Crippen LogP contribution >= 0.6 is 0 Å². The van der Waals surface area contributed by atoms with Gasteiger partial charge in [-0.25, -0.2) is 0 Å². The Labute approximate surface area is 127 Å². The van der Waals surface area contributed by atoms with Gasteiger partial charge in [0, 0.05) is 12.1 Å². The van der Waals surface area contributed by atoms with Gasteiger partial charge in [0.25, 0.3) is 0 Å². The minimum atomic E-state index is 0.274. The number of nitrogens with two attached hydrogens (primary N) is 1. The normalized spacial score (nSPS) is 22.8. The molecular weight excluding hydrogens is 244 g/mol. The average Bonchev–Trinajstić information content (AvgIpc) is 2.64. The predicted molar refractivity (Wildman–Crippen MR) is 90.0 cm³/mol. The molecule has 1 atom stereocenters. The van der Waals surface area contributed by atoms with Crippen LogP contribution < -0.4 is 5.73 Å². The molecular formula is C18H38N2. The summed E-state index contributed by atoms with van der Waals surface area (Å²) in [6.07, 6.45) is 9.09. The van der Waals surface area contributed by atoms with Crippen molar-refractivity contribution >= 4 is 0 Å². The summed E-state index contributed by atoms with van der Waals surface area (Å²) in [4.78, 5) is 2.76. The van der Waals surface area contributed by atoms with E-state index in [-0.39, 0.29) is 5.54 Å². The molecule has 0 bridgehead atoms. The monoisotopic (exact) mass is 282 g/mol. The van der Waals surface area contributed by atoms with Crippen molar-refractivity contribution in [1.82, 2.24) is 4.90 Å². The van der Waals surface area contributed by atoms with Crippen LogP contribution in [0.3, 0.4) is 0 Å². The lowest BCUT2D eigenvalue weighted by Crippen LogP contribution is -2.54. The summed E-state index contributed by atoms with van der Waals surface area (Å²) in [6, 6.07) is 0. The second-order valence-electron chi connectivity index (χ2n) is 7.91. The largest absolute Gasteiger partial charge is 0.329 e. The van der Waals surface area contributed by atoms with Crippen molar-refractivity contribution < 1.29 is 0 Å². The van der Waals surface area contributed by atoms with Gasteiger partial charge in [-0.15, -0.1) is 0 Å². The lowest BCUT2D eigenvalue weighted by atomic mass is 9.76. The van der Waals surface area contributed by atoms with Crippen molar-refractivity contribution in [1.29, 1.82) is 0 Å². The molecule has 0 aromatic heterocycles. The van der Waals surface area contributed by atoms with E-state index in [1.54, 1.807) is 0 Å². The second kappa shape index (κ2) is 7.79. The van der Waals surface area contributed by atoms with Gasteiger partial charge in [-0.2, -0.15) is 0 Å². The van der Waals surface area contributed by atoms with E-state index < -0.39 is 0 Å². The van der Waals surface area contributed by atoms with Crippen LogP contribution in [0.15, 0.2) is 0 Å². The Bertz CT molecular complexity index is 261. The summed E-state index contributed by atoms with van der Waals surface area (Å²) in [5.41, 5.74) is 6.97. The third kappa shape index (κ3) is 4.46. The summed E-state index contributed by atoms with van der Waals surface area (Å²) in [5, 5.41) is 0. The molecule has 0 aliphatic carbocycles. The Balaban J connectivity index is 2.78. The zero-order chi connectivity index (χ0) is 15.2. The van der Waals surface area contributed by atoms with E-state index in [0.29, 0.717) is 5.41 Å². The zero-order valence-corrected chi connectivity index (χ0v) is 14.7. The lowest BCUT2D eigenvalue weighted by molar-refractivity contribution is 0.0741. The van der Waals surface area contributed by atoms with Crippen molar-refractivity contribution in [3.63, 3.8) is 0 Å². The fourth-order valence-corrected chi connectivity index (χ4v) is 4.14. The van der Waals surface area contributed by atoms with Gasteiger partial charge in [0.05, 0.1) is 0 Å². The van der Waals surface area contributed by atoms with E-state index in [1.807, 2.05) is 0 Å². The first kappa shape index (κ1) is 18.0. The van der Waals surface area contributed by atoms with Crippen molar-refractivity contribution in [3.05, 3.63) is 0 Å². The maximum absolute atomic E-state index is 6.24. The minimum Gasteiger partial charge on any atom is -0.329 e. The molecule has 1 aliphatic rings. The van der Waals surface area contributed by atoms with Crippen LogP contribution in [0.1, 0.15) is 79.6 Å². The summed E-state index contributed by atoms with van der Waals surface area (Å²) < 4.78 is 0. The Morgan fingerprint density at radius 1 is 1.00 bits per heavy atom. The highest BCUT2D eigenvalue weighted by Crippen LogP contribution is 2.37. The molecule has 2 nitrogen and oxygen atoms in total. The Morgan fingerprint density at radius 2 is 1.60 bits per heavy atom. The number of nitrogens with zero attached hydrogens (tertiary/aromatic N) is 1. The van der Waals surface area contributed by atoms with E-state index in [2.05, 4.69) is 39.5 Å². The molecule has 2 N–H and O–H groups in total. The van der Waals surface area contributed by atoms with Crippen LogP contribution in [0.25, 0.3) is 0 Å². The van der Waals surface area contributed by atoms with Crippen LogP contribution in [-0.2, 0) is 0 Å². The summed E-state index contributed by atoms with van der Waals surface area (Å²) in [7, 11) is 0. The van der Waals surface area contributed by atoms with Crippen molar-refractivity contribution in [2.24, 2.45) is 17.1 Å². The van der Waals surface area contributed by atoms with Crippen LogP contribution in [0, 0.1) is 11.3 Å². The number of hydrogen-bond acceptors (Lipinski definition) is 2. The molecule has 2 heteroatoms. The highest BCUT2D eigenvalue weighted by Gasteiger charge is 2.36. The zero-order valence-electron chi connectivity index (χ0n) is 14.7. The smallest absolute Gasteiger partial charge is 0.0331 e. The van der Waals surface area contributed by atoms with Gasteiger partial charge < -0.3 is 5.73 Å². The predicted octanol–water partition coefficient (Wildman–Crippen LogP) is 4.43. The molecule has 1 aliphatic heterocycles. The third-order valence-corrected chi connectivity index (χ3v) is 5.43. The standard InChI is InChI=1S/C18H38N2/c1-6-11-18(15-19,12-7-2)20-13-8-9-16(10-14-20)17(3,4)5/h16H,6-15,19H2,1-5H3. The molecule has 1 heterocycles. The van der Waals surface area contributed by atoms with E-state index in [9.17, 15) is 0 Å². The van der Waals surface area contributed by atoms with Crippen LogP contribution in [0.4, 0.5) is 0 Å². The maximum Gasteiger partial charge on any atom is 0.0331 e. The van der Waals surface area contributed by atoms with Gasteiger partial charge in [-0.3, -0.25) is 4.90 Å². The lowest BCUT2D eigenvalue weighted by Gasteiger charge is -2.43. The summed E-state index contributed by atoms with van der Waals surface area (Å²) in [5.74, 6) is 0.867. The van der Waals surface area contributed by atoms with E-state index >= 15 is 0 Å². The highest BCUT2D eigenvalue weighted by molar-refractivity contribution is 4.93. The van der Waals surface area contributed by atoms with Crippen LogP contribution in [0.2, 0.25) is 0 Å². The van der Waals surface area contributed by atoms with Gasteiger partial charge in [0.1, 0.15) is 0 Å². The Kier molecular flexibility index (Phi) is 7.00. The molecule has 0 aromatic carbocycles. The van der Waals surface area contributed by atoms with Gasteiger partial charge in [0.2, 0.25) is 0 Å². The van der Waals surface area contributed by atoms with Gasteiger partial charge >= 0.3 is 0 Å². The molecule has 120 valence electrons. The quantitative estimate of drug-likeness (QED) is 0.780. The van der Waals surface area contributed by atoms with Gasteiger partial charge in [-0.05, 0) is 56.5 Å². The number of rotatable bonds is 6. The first-order valence-corrected chi connectivity index (χ1v) is 8.84. The second-order valence-corrected chi connectivity index (χ2v) is 7.91. The number of likely N-dealkylation sites (tertiary alicyclic amines) is 1. The number of hydrogen-bond donors (Lipinski definition) is 1. The molecule has 0 spiro atoms. The average molecular weight is 283 g/mol. The molecule has 1 saturated heterocycles. The van der Waals surface area contributed by atoms with E-state index in [0.717, 1.165) is 12.5 Å². The molecule has 0 aromatic rings. The van der Waals surface area contributed by atoms with Crippen molar-refractivity contribution in [2.75, 3.05) is 19.6 Å². The SMILES string of the molecule is CCCC(CN)(CCC)N1CCCC(C(C)(C)C)CC1.